The third-order valence-corrected chi connectivity index (χ3v) is 2.94. The Morgan fingerprint density at radius 3 is 2.25 bits per heavy atom. The SMILES string of the molecule is CC#Cc1ccccc1C(C)(O)C#Cc1ccccc1. The van der Waals surface area contributed by atoms with E-state index in [1.54, 1.807) is 13.8 Å². The first kappa shape index (κ1) is 13.9. The third kappa shape index (κ3) is 3.29. The molecule has 1 unspecified atom stereocenters. The van der Waals surface area contributed by atoms with Gasteiger partial charge in [0.1, 0.15) is 5.60 Å². The molecule has 0 amide bonds. The normalized spacial score (nSPS) is 12.3. The number of rotatable bonds is 1. The van der Waals surface area contributed by atoms with Gasteiger partial charge in [-0.25, -0.2) is 0 Å². The number of aliphatic hydroxyl groups is 1. The first-order chi connectivity index (χ1) is 9.63. The monoisotopic (exact) mass is 260 g/mol. The van der Waals surface area contributed by atoms with Crippen LogP contribution in [-0.2, 0) is 5.60 Å². The molecule has 0 aliphatic rings. The summed E-state index contributed by atoms with van der Waals surface area (Å²) in [7, 11) is 0. The average Bonchev–Trinajstić information content (AvgIpc) is 2.47. The molecule has 98 valence electrons. The minimum atomic E-state index is -1.23. The number of hydrogen-bond donors (Lipinski definition) is 1. The van der Waals surface area contributed by atoms with E-state index in [1.165, 1.54) is 0 Å². The molecule has 2 rings (SSSR count). The second-order valence-electron chi connectivity index (χ2n) is 4.61. The van der Waals surface area contributed by atoms with Crippen LogP contribution in [0.15, 0.2) is 54.6 Å². The zero-order chi connectivity index (χ0) is 14.4. The fourth-order valence-corrected chi connectivity index (χ4v) is 1.93. The summed E-state index contributed by atoms with van der Waals surface area (Å²) in [6.07, 6.45) is 0. The largest absolute Gasteiger partial charge is 0.374 e. The van der Waals surface area contributed by atoms with Crippen LogP contribution in [0.2, 0.25) is 0 Å². The van der Waals surface area contributed by atoms with Gasteiger partial charge in [0.2, 0.25) is 0 Å². The first-order valence-electron chi connectivity index (χ1n) is 6.46. The van der Waals surface area contributed by atoms with E-state index in [9.17, 15) is 5.11 Å². The van der Waals surface area contributed by atoms with Gasteiger partial charge in [-0.15, -0.1) is 5.92 Å². The molecule has 0 aliphatic heterocycles. The van der Waals surface area contributed by atoms with Crippen LogP contribution in [0.1, 0.15) is 30.5 Å². The molecule has 0 fully saturated rings. The predicted octanol–water partition coefficient (Wildman–Crippen LogP) is 3.32. The Balaban J connectivity index is 2.40. The summed E-state index contributed by atoms with van der Waals surface area (Å²) in [5.41, 5.74) is 1.20. The fourth-order valence-electron chi connectivity index (χ4n) is 1.93. The maximum atomic E-state index is 10.6. The summed E-state index contributed by atoms with van der Waals surface area (Å²) in [5.74, 6) is 11.8. The molecule has 0 aliphatic carbocycles. The summed E-state index contributed by atoms with van der Waals surface area (Å²) in [6, 6.07) is 17.2. The minimum Gasteiger partial charge on any atom is -0.374 e. The van der Waals surface area contributed by atoms with E-state index in [0.717, 1.165) is 16.7 Å². The summed E-state index contributed by atoms with van der Waals surface area (Å²) in [5, 5.41) is 10.6. The Kier molecular flexibility index (Phi) is 4.26. The third-order valence-electron chi connectivity index (χ3n) is 2.94. The lowest BCUT2D eigenvalue weighted by Gasteiger charge is -2.18. The van der Waals surface area contributed by atoms with Gasteiger partial charge in [0.05, 0.1) is 0 Å². The van der Waals surface area contributed by atoms with Crippen molar-refractivity contribution in [2.45, 2.75) is 19.4 Å². The van der Waals surface area contributed by atoms with Crippen LogP contribution >= 0.6 is 0 Å². The van der Waals surface area contributed by atoms with Gasteiger partial charge in [-0.3, -0.25) is 0 Å². The zero-order valence-electron chi connectivity index (χ0n) is 11.6. The smallest absolute Gasteiger partial charge is 0.149 e. The van der Waals surface area contributed by atoms with Crippen molar-refractivity contribution in [3.05, 3.63) is 71.3 Å². The molecule has 0 spiro atoms. The molecule has 0 aromatic heterocycles. The van der Waals surface area contributed by atoms with E-state index in [0.29, 0.717) is 0 Å². The summed E-state index contributed by atoms with van der Waals surface area (Å²) >= 11 is 0. The van der Waals surface area contributed by atoms with E-state index in [2.05, 4.69) is 23.7 Å². The molecule has 1 N–H and O–H groups in total. The predicted molar refractivity (Wildman–Crippen MR) is 81.9 cm³/mol. The molecule has 0 saturated carbocycles. The average molecular weight is 260 g/mol. The van der Waals surface area contributed by atoms with Gasteiger partial charge in [-0.2, -0.15) is 0 Å². The Hall–Kier alpha value is -2.48. The molecule has 0 radical (unpaired) electrons. The van der Waals surface area contributed by atoms with Crippen LogP contribution in [0.4, 0.5) is 0 Å². The van der Waals surface area contributed by atoms with Crippen molar-refractivity contribution in [3.63, 3.8) is 0 Å². The van der Waals surface area contributed by atoms with E-state index in [-0.39, 0.29) is 0 Å². The quantitative estimate of drug-likeness (QED) is 0.780. The van der Waals surface area contributed by atoms with Gasteiger partial charge in [-0.1, -0.05) is 54.2 Å². The highest BCUT2D eigenvalue weighted by atomic mass is 16.3. The summed E-state index contributed by atoms with van der Waals surface area (Å²) in [4.78, 5) is 0. The molecule has 2 aromatic carbocycles. The number of benzene rings is 2. The van der Waals surface area contributed by atoms with E-state index < -0.39 is 5.60 Å². The van der Waals surface area contributed by atoms with E-state index in [1.807, 2.05) is 54.6 Å². The van der Waals surface area contributed by atoms with Gasteiger partial charge in [0.15, 0.2) is 0 Å². The van der Waals surface area contributed by atoms with Gasteiger partial charge in [0, 0.05) is 16.7 Å². The molecule has 1 nitrogen and oxygen atoms in total. The van der Waals surface area contributed by atoms with Gasteiger partial charge >= 0.3 is 0 Å². The minimum absolute atomic E-state index is 0.734. The fraction of sp³-hybridized carbons (Fsp3) is 0.158. The molecule has 0 heterocycles. The molecular weight excluding hydrogens is 244 g/mol. The van der Waals surface area contributed by atoms with E-state index >= 15 is 0 Å². The molecule has 0 bridgehead atoms. The Morgan fingerprint density at radius 1 is 0.900 bits per heavy atom. The van der Waals surface area contributed by atoms with Crippen LogP contribution in [0.5, 0.6) is 0 Å². The zero-order valence-corrected chi connectivity index (χ0v) is 11.6. The Labute approximate surface area is 120 Å². The van der Waals surface area contributed by atoms with Crippen LogP contribution in [-0.4, -0.2) is 5.11 Å². The lowest BCUT2D eigenvalue weighted by Crippen LogP contribution is -2.20. The summed E-state index contributed by atoms with van der Waals surface area (Å²) in [6.45, 7) is 3.47. The molecule has 2 aromatic rings. The standard InChI is InChI=1S/C19H16O/c1-3-9-17-12-7-8-13-18(17)19(2,20)15-14-16-10-5-4-6-11-16/h4-8,10-13,20H,1-2H3. The number of hydrogen-bond acceptors (Lipinski definition) is 1. The van der Waals surface area contributed by atoms with Crippen molar-refractivity contribution in [1.29, 1.82) is 0 Å². The van der Waals surface area contributed by atoms with Crippen LogP contribution in [0, 0.1) is 23.7 Å². The van der Waals surface area contributed by atoms with E-state index in [4.69, 9.17) is 0 Å². The highest BCUT2D eigenvalue weighted by Crippen LogP contribution is 2.23. The van der Waals surface area contributed by atoms with Crippen molar-refractivity contribution in [3.8, 4) is 23.7 Å². The summed E-state index contributed by atoms with van der Waals surface area (Å²) < 4.78 is 0. The molecule has 0 saturated heterocycles. The first-order valence-corrected chi connectivity index (χ1v) is 6.46. The Bertz CT molecular complexity index is 704. The van der Waals surface area contributed by atoms with Gasteiger partial charge in [0.25, 0.3) is 0 Å². The van der Waals surface area contributed by atoms with Gasteiger partial charge in [-0.05, 0) is 32.0 Å². The second-order valence-corrected chi connectivity index (χ2v) is 4.61. The van der Waals surface area contributed by atoms with Crippen molar-refractivity contribution in [2.24, 2.45) is 0 Å². The van der Waals surface area contributed by atoms with Crippen molar-refractivity contribution in [2.75, 3.05) is 0 Å². The van der Waals surface area contributed by atoms with Gasteiger partial charge < -0.3 is 5.11 Å². The maximum absolute atomic E-state index is 10.6. The van der Waals surface area contributed by atoms with Crippen molar-refractivity contribution < 1.29 is 5.11 Å². The van der Waals surface area contributed by atoms with Crippen molar-refractivity contribution >= 4 is 0 Å². The maximum Gasteiger partial charge on any atom is 0.149 e. The van der Waals surface area contributed by atoms with Crippen LogP contribution in [0.25, 0.3) is 0 Å². The Morgan fingerprint density at radius 2 is 1.55 bits per heavy atom. The molecule has 20 heavy (non-hydrogen) atoms. The van der Waals surface area contributed by atoms with Crippen molar-refractivity contribution in [1.82, 2.24) is 0 Å². The molecule has 1 atom stereocenters. The van der Waals surface area contributed by atoms with Crippen LogP contribution in [0.3, 0.4) is 0 Å². The lowest BCUT2D eigenvalue weighted by atomic mass is 9.92. The second kappa shape index (κ2) is 6.11. The molecular formula is C19H16O. The highest BCUT2D eigenvalue weighted by molar-refractivity contribution is 5.48. The lowest BCUT2D eigenvalue weighted by molar-refractivity contribution is 0.122. The highest BCUT2D eigenvalue weighted by Gasteiger charge is 2.22. The molecule has 1 heteroatoms. The van der Waals surface area contributed by atoms with Crippen LogP contribution < -0.4 is 0 Å². The topological polar surface area (TPSA) is 20.2 Å².